The molecule has 1 aromatic rings. The minimum Gasteiger partial charge on any atom is -0.496 e. The Morgan fingerprint density at radius 1 is 1.44 bits per heavy atom. The van der Waals surface area contributed by atoms with Crippen LogP contribution in [0.5, 0.6) is 5.75 Å². The van der Waals surface area contributed by atoms with E-state index < -0.39 is 11.6 Å². The van der Waals surface area contributed by atoms with Crippen molar-refractivity contribution in [1.82, 2.24) is 0 Å². The van der Waals surface area contributed by atoms with E-state index in [1.54, 1.807) is 0 Å². The van der Waals surface area contributed by atoms with E-state index in [1.807, 2.05) is 0 Å². The van der Waals surface area contributed by atoms with Crippen LogP contribution in [0.25, 0.3) is 5.57 Å². The molecule has 0 spiro atoms. The van der Waals surface area contributed by atoms with E-state index >= 15 is 0 Å². The van der Waals surface area contributed by atoms with Crippen molar-refractivity contribution in [2.75, 3.05) is 7.11 Å². The van der Waals surface area contributed by atoms with Crippen LogP contribution in [-0.4, -0.2) is 13.3 Å². The van der Waals surface area contributed by atoms with E-state index in [0.29, 0.717) is 0 Å². The quantitative estimate of drug-likeness (QED) is 0.776. The average molecular weight is 226 g/mol. The van der Waals surface area contributed by atoms with Crippen LogP contribution in [0, 0.1) is 24.0 Å². The number of nitrogens with two attached hydrogens (primary N) is 1. The van der Waals surface area contributed by atoms with Gasteiger partial charge in [0, 0.05) is 29.1 Å². The van der Waals surface area contributed by atoms with Gasteiger partial charge in [-0.2, -0.15) is 0 Å². The molecule has 0 amide bonds. The van der Waals surface area contributed by atoms with Gasteiger partial charge in [-0.25, -0.2) is 8.78 Å². The second-order valence-corrected chi connectivity index (χ2v) is 3.15. The Morgan fingerprint density at radius 2 is 2.06 bits per heavy atom. The van der Waals surface area contributed by atoms with Crippen molar-refractivity contribution >= 4 is 11.8 Å². The minimum absolute atomic E-state index is 0.0857. The van der Waals surface area contributed by atoms with Gasteiger partial charge in [-0.1, -0.05) is 0 Å². The van der Waals surface area contributed by atoms with Crippen molar-refractivity contribution in [1.29, 1.82) is 5.41 Å². The monoisotopic (exact) mass is 226 g/mol. The van der Waals surface area contributed by atoms with Crippen molar-refractivity contribution in [3.8, 4) is 5.75 Å². The molecule has 0 unspecified atom stereocenters. The molecule has 0 fully saturated rings. The zero-order valence-corrected chi connectivity index (χ0v) is 8.97. The molecule has 0 aliphatic carbocycles. The standard InChI is InChI=1S/C11H12F2N2O/c1-6-9(16-2)3-8(7(4-14)5-15)11(13)10(6)12/h3-5,14H,15H2,1-2H3/b7-5+,14-4?. The third kappa shape index (κ3) is 1.88. The molecule has 0 saturated carbocycles. The molecule has 0 bridgehead atoms. The number of hydrogen-bond acceptors (Lipinski definition) is 3. The van der Waals surface area contributed by atoms with Crippen LogP contribution >= 0.6 is 0 Å². The van der Waals surface area contributed by atoms with Gasteiger partial charge in [-0.15, -0.1) is 0 Å². The Balaban J connectivity index is 3.52. The maximum Gasteiger partial charge on any atom is 0.167 e. The smallest absolute Gasteiger partial charge is 0.167 e. The summed E-state index contributed by atoms with van der Waals surface area (Å²) in [4.78, 5) is 0. The van der Waals surface area contributed by atoms with Crippen LogP contribution in [0.3, 0.4) is 0 Å². The molecule has 5 heteroatoms. The summed E-state index contributed by atoms with van der Waals surface area (Å²) in [5.74, 6) is -1.80. The number of rotatable bonds is 3. The third-order valence-corrected chi connectivity index (χ3v) is 2.27. The first-order chi connectivity index (χ1) is 7.56. The number of allylic oxidation sites excluding steroid dienone is 1. The van der Waals surface area contributed by atoms with Crippen molar-refractivity contribution < 1.29 is 13.5 Å². The second kappa shape index (κ2) is 4.74. The molecule has 0 saturated heterocycles. The Labute approximate surface area is 92.0 Å². The van der Waals surface area contributed by atoms with E-state index in [9.17, 15) is 8.78 Å². The lowest BCUT2D eigenvalue weighted by molar-refractivity contribution is 0.401. The van der Waals surface area contributed by atoms with Crippen LogP contribution in [0.15, 0.2) is 12.3 Å². The summed E-state index contributed by atoms with van der Waals surface area (Å²) >= 11 is 0. The number of methoxy groups -OCH3 is 1. The molecule has 3 nitrogen and oxygen atoms in total. The minimum atomic E-state index is -1.03. The first-order valence-electron chi connectivity index (χ1n) is 4.52. The van der Waals surface area contributed by atoms with Crippen LogP contribution in [-0.2, 0) is 0 Å². The maximum absolute atomic E-state index is 13.6. The number of ether oxygens (including phenoxy) is 1. The third-order valence-electron chi connectivity index (χ3n) is 2.27. The first-order valence-corrected chi connectivity index (χ1v) is 4.52. The Morgan fingerprint density at radius 3 is 2.50 bits per heavy atom. The highest BCUT2D eigenvalue weighted by Crippen LogP contribution is 2.29. The first kappa shape index (κ1) is 12.2. The molecule has 0 atom stereocenters. The second-order valence-electron chi connectivity index (χ2n) is 3.15. The van der Waals surface area contributed by atoms with E-state index in [0.717, 1.165) is 12.4 Å². The van der Waals surface area contributed by atoms with E-state index in [1.165, 1.54) is 20.1 Å². The van der Waals surface area contributed by atoms with E-state index in [4.69, 9.17) is 15.9 Å². The van der Waals surface area contributed by atoms with Gasteiger partial charge in [0.25, 0.3) is 0 Å². The molecular weight excluding hydrogens is 214 g/mol. The molecule has 16 heavy (non-hydrogen) atoms. The van der Waals surface area contributed by atoms with Gasteiger partial charge in [0.15, 0.2) is 11.6 Å². The van der Waals surface area contributed by atoms with Crippen LogP contribution < -0.4 is 10.5 Å². The number of hydrogen-bond donors (Lipinski definition) is 2. The maximum atomic E-state index is 13.6. The lowest BCUT2D eigenvalue weighted by Crippen LogP contribution is -2.02. The lowest BCUT2D eigenvalue weighted by Gasteiger charge is -2.10. The predicted octanol–water partition coefficient (Wildman–Crippen LogP) is 2.23. The van der Waals surface area contributed by atoms with Gasteiger partial charge in [0.2, 0.25) is 0 Å². The number of halogens is 2. The molecule has 0 aliphatic rings. The summed E-state index contributed by atoms with van der Waals surface area (Å²) in [6.45, 7) is 1.41. The Bertz CT molecular complexity index is 456. The predicted molar refractivity (Wildman–Crippen MR) is 58.6 cm³/mol. The highest BCUT2D eigenvalue weighted by Gasteiger charge is 2.17. The molecule has 1 rings (SSSR count). The Kier molecular flexibility index (Phi) is 3.60. The topological polar surface area (TPSA) is 59.1 Å². The van der Waals surface area contributed by atoms with Crippen LogP contribution in [0.1, 0.15) is 11.1 Å². The summed E-state index contributed by atoms with van der Waals surface area (Å²) in [6, 6.07) is 1.32. The fourth-order valence-corrected chi connectivity index (χ4v) is 1.33. The van der Waals surface area contributed by atoms with Gasteiger partial charge in [-0.3, -0.25) is 0 Å². The summed E-state index contributed by atoms with van der Waals surface area (Å²) < 4.78 is 32.0. The van der Waals surface area contributed by atoms with E-state index in [2.05, 4.69) is 0 Å². The summed E-state index contributed by atoms with van der Waals surface area (Å²) in [6.07, 6.45) is 1.90. The van der Waals surface area contributed by atoms with Crippen molar-refractivity contribution in [3.05, 3.63) is 35.0 Å². The molecule has 0 aliphatic heterocycles. The van der Waals surface area contributed by atoms with E-state index in [-0.39, 0.29) is 22.4 Å². The molecule has 0 radical (unpaired) electrons. The highest BCUT2D eigenvalue weighted by atomic mass is 19.2. The van der Waals surface area contributed by atoms with Gasteiger partial charge < -0.3 is 15.9 Å². The molecule has 0 heterocycles. The van der Waals surface area contributed by atoms with Crippen molar-refractivity contribution in [2.45, 2.75) is 6.92 Å². The molecular formula is C11H12F2N2O. The fourth-order valence-electron chi connectivity index (χ4n) is 1.33. The average Bonchev–Trinajstić information content (AvgIpc) is 2.30. The molecule has 1 aromatic carbocycles. The summed E-state index contributed by atoms with van der Waals surface area (Å²) in [5.41, 5.74) is 5.32. The summed E-state index contributed by atoms with van der Waals surface area (Å²) in [7, 11) is 1.36. The normalized spacial score (nSPS) is 11.4. The zero-order valence-electron chi connectivity index (χ0n) is 8.97. The van der Waals surface area contributed by atoms with Crippen molar-refractivity contribution in [2.24, 2.45) is 5.73 Å². The SMILES string of the molecule is COc1cc(/C(C=N)=C/N)c(F)c(F)c1C. The highest BCUT2D eigenvalue weighted by molar-refractivity contribution is 6.08. The van der Waals surface area contributed by atoms with Crippen LogP contribution in [0.4, 0.5) is 8.78 Å². The fraction of sp³-hybridized carbons (Fsp3) is 0.182. The zero-order chi connectivity index (χ0) is 12.3. The number of nitrogens with one attached hydrogen (secondary N) is 1. The molecule has 86 valence electrons. The molecule has 3 N–H and O–H groups in total. The lowest BCUT2D eigenvalue weighted by atomic mass is 10.0. The van der Waals surface area contributed by atoms with Gasteiger partial charge >= 0.3 is 0 Å². The largest absolute Gasteiger partial charge is 0.496 e. The number of benzene rings is 1. The summed E-state index contributed by atoms with van der Waals surface area (Å²) in [5, 5.41) is 7.04. The van der Waals surface area contributed by atoms with Gasteiger partial charge in [0.1, 0.15) is 5.75 Å². The van der Waals surface area contributed by atoms with Crippen LogP contribution in [0.2, 0.25) is 0 Å². The van der Waals surface area contributed by atoms with Crippen molar-refractivity contribution in [3.63, 3.8) is 0 Å². The van der Waals surface area contributed by atoms with Gasteiger partial charge in [0.05, 0.1) is 7.11 Å². The molecule has 0 aromatic heterocycles. The van der Waals surface area contributed by atoms with Gasteiger partial charge in [-0.05, 0) is 13.0 Å². The Hall–Kier alpha value is -1.91.